The number of pyridine rings is 1. The molecular weight excluding hydrogens is 823 g/mol. The van der Waals surface area contributed by atoms with Gasteiger partial charge < -0.3 is 0 Å². The highest BCUT2D eigenvalue weighted by atomic mass is 28.3. The molecule has 0 bridgehead atoms. The number of nitrogens with zero attached hydrogens (tertiary/aromatic N) is 1. The first-order chi connectivity index (χ1) is 32.1. The number of benzene rings is 10. The molecule has 1 aromatic heterocycles. The lowest BCUT2D eigenvalue weighted by molar-refractivity contribution is 0.590. The van der Waals surface area contributed by atoms with Gasteiger partial charge in [0.2, 0.25) is 0 Å². The first-order valence-corrected chi connectivity index (χ1v) is 26.0. The predicted octanol–water partition coefficient (Wildman–Crippen LogP) is 14.9. The molecule has 0 aliphatic carbocycles. The van der Waals surface area contributed by atoms with E-state index in [2.05, 4.69) is 256 Å². The topological polar surface area (TPSA) is 12.9 Å². The molecule has 0 unspecified atom stereocenters. The van der Waals surface area contributed by atoms with Crippen LogP contribution < -0.4 is 20.7 Å². The molecule has 0 saturated heterocycles. The maximum atomic E-state index is 5.27. The molecule has 1 heterocycles. The number of hydrogen-bond acceptors (Lipinski definition) is 1. The van der Waals surface area contributed by atoms with Gasteiger partial charge in [-0.3, -0.25) is 0 Å². The zero-order valence-electron chi connectivity index (χ0n) is 40.4. The van der Waals surface area contributed by atoms with Crippen LogP contribution in [0.25, 0.3) is 76.4 Å². The van der Waals surface area contributed by atoms with Crippen molar-refractivity contribution in [1.29, 1.82) is 0 Å². The van der Waals surface area contributed by atoms with Crippen LogP contribution in [0, 0.1) is 0 Å². The summed E-state index contributed by atoms with van der Waals surface area (Å²) in [6.45, 7) is 20.8. The van der Waals surface area contributed by atoms with Gasteiger partial charge in [-0.25, -0.2) is 4.98 Å². The largest absolute Gasteiger partial charge is 0.247 e. The van der Waals surface area contributed by atoms with Gasteiger partial charge >= 0.3 is 0 Å². The Kier molecular flexibility index (Phi) is 9.96. The van der Waals surface area contributed by atoms with Gasteiger partial charge in [0.1, 0.15) is 0 Å². The summed E-state index contributed by atoms with van der Waals surface area (Å²) < 4.78 is 0. The van der Waals surface area contributed by atoms with Crippen LogP contribution in [-0.4, -0.2) is 13.1 Å². The Bertz CT molecular complexity index is 3460. The van der Waals surface area contributed by atoms with Crippen molar-refractivity contribution in [2.24, 2.45) is 0 Å². The van der Waals surface area contributed by atoms with E-state index in [1.165, 1.54) is 97.0 Å². The summed E-state index contributed by atoms with van der Waals surface area (Å²) in [5.74, 6) is 0. The van der Waals surface area contributed by atoms with E-state index in [0.717, 1.165) is 16.8 Å². The second-order valence-electron chi connectivity index (χ2n) is 22.0. The van der Waals surface area contributed by atoms with E-state index in [0.29, 0.717) is 0 Å². The molecule has 11 rings (SSSR count). The van der Waals surface area contributed by atoms with Gasteiger partial charge in [-0.05, 0) is 121 Å². The van der Waals surface area contributed by atoms with E-state index in [1.807, 2.05) is 0 Å². The maximum Gasteiger partial charge on any atom is 0.179 e. The van der Waals surface area contributed by atoms with Crippen molar-refractivity contribution in [2.45, 2.75) is 78.6 Å². The van der Waals surface area contributed by atoms with Gasteiger partial charge in [0.15, 0.2) is 8.07 Å². The molecule has 10 aromatic carbocycles. The van der Waals surface area contributed by atoms with E-state index in [-0.39, 0.29) is 16.2 Å². The molecule has 0 spiro atoms. The summed E-state index contributed by atoms with van der Waals surface area (Å²) in [6, 6.07) is 74.5. The molecule has 0 saturated carbocycles. The number of hydrogen-bond donors (Lipinski definition) is 0. The third-order valence-corrected chi connectivity index (χ3v) is 19.4. The Morgan fingerprint density at radius 1 is 0.313 bits per heavy atom. The molecule has 0 N–H and O–H groups in total. The first-order valence-electron chi connectivity index (χ1n) is 24.0. The van der Waals surface area contributed by atoms with Crippen molar-refractivity contribution in [3.63, 3.8) is 0 Å². The molecule has 0 fully saturated rings. The molecule has 0 radical (unpaired) electrons. The zero-order chi connectivity index (χ0) is 46.5. The van der Waals surface area contributed by atoms with Gasteiger partial charge in [0, 0.05) is 21.7 Å². The molecule has 0 atom stereocenters. The predicted molar refractivity (Wildman–Crippen MR) is 294 cm³/mol. The summed E-state index contributed by atoms with van der Waals surface area (Å²) in [7, 11) is -2.84. The summed E-state index contributed by atoms with van der Waals surface area (Å²) in [4.78, 5) is 5.27. The summed E-state index contributed by atoms with van der Waals surface area (Å²) in [5, 5.41) is 16.9. The molecule has 67 heavy (non-hydrogen) atoms. The van der Waals surface area contributed by atoms with Crippen LogP contribution in [0.2, 0.25) is 0 Å². The van der Waals surface area contributed by atoms with E-state index >= 15 is 0 Å². The first kappa shape index (κ1) is 42.7. The van der Waals surface area contributed by atoms with E-state index in [1.54, 1.807) is 0 Å². The Labute approximate surface area is 397 Å². The molecule has 2 heteroatoms. The average Bonchev–Trinajstić information content (AvgIpc) is 3.33. The van der Waals surface area contributed by atoms with Gasteiger partial charge in [-0.2, -0.15) is 0 Å². The monoisotopic (exact) mass is 881 g/mol. The highest BCUT2D eigenvalue weighted by Crippen LogP contribution is 2.44. The van der Waals surface area contributed by atoms with Crippen molar-refractivity contribution in [3.8, 4) is 22.4 Å². The van der Waals surface area contributed by atoms with Crippen molar-refractivity contribution < 1.29 is 0 Å². The lowest BCUT2D eigenvalue weighted by atomic mass is 9.87. The quantitative estimate of drug-likeness (QED) is 0.0702. The second-order valence-corrected chi connectivity index (χ2v) is 25.8. The van der Waals surface area contributed by atoms with Gasteiger partial charge in [-0.15, -0.1) is 0 Å². The minimum Gasteiger partial charge on any atom is -0.247 e. The fourth-order valence-corrected chi connectivity index (χ4v) is 15.6. The summed E-state index contributed by atoms with van der Waals surface area (Å²) in [6.07, 6.45) is 0. The lowest BCUT2D eigenvalue weighted by Gasteiger charge is -2.36. The fraction of sp³-hybridized carbons (Fsp3) is 0.185. The van der Waals surface area contributed by atoms with Crippen LogP contribution in [0.1, 0.15) is 79.0 Å². The normalized spacial score (nSPS) is 12.9. The molecule has 11 aromatic rings. The Hall–Kier alpha value is -6.87. The standard InChI is InChI=1S/C65H59NSi/c1-63(2,3)48-24-32-52(33-25-48)67(53-34-26-49(27-35-53)64(4,5)6,54-36-28-50(29-37-54)65(7,8)9)51-30-21-42(22-31-51)47-39-44-19-20-46-41-57-61(56-38-23-45(40-47)59(44)60(46)56)55-17-13-14-18-58(55)66-62(57)43-15-11-10-12-16-43/h10-41H,1-9H3. The number of para-hydroxylation sites is 1. The Morgan fingerprint density at radius 2 is 0.746 bits per heavy atom. The minimum absolute atomic E-state index is 0.0564. The smallest absolute Gasteiger partial charge is 0.179 e. The van der Waals surface area contributed by atoms with Crippen LogP contribution >= 0.6 is 0 Å². The lowest BCUT2D eigenvalue weighted by Crippen LogP contribution is -2.74. The number of rotatable bonds is 6. The molecule has 0 aliphatic rings. The Morgan fingerprint density at radius 3 is 1.24 bits per heavy atom. The number of aromatic nitrogens is 1. The minimum atomic E-state index is -2.84. The summed E-state index contributed by atoms with van der Waals surface area (Å²) in [5.41, 5.74) is 9.87. The summed E-state index contributed by atoms with van der Waals surface area (Å²) >= 11 is 0. The SMILES string of the molecule is CC(C)(C)c1ccc([Si](c2ccc(-c3cc4ccc5cc6c(-c7ccccc7)nc7ccccc7c6c6ccc(c3)c4c56)cc2)(c2ccc(C(C)(C)C)cc2)c2ccc(C(C)(C)C)cc2)cc1. The van der Waals surface area contributed by atoms with Crippen LogP contribution in [0.15, 0.2) is 194 Å². The maximum absolute atomic E-state index is 5.27. The van der Waals surface area contributed by atoms with Crippen molar-refractivity contribution >= 4 is 82.8 Å². The third kappa shape index (κ3) is 7.16. The van der Waals surface area contributed by atoms with Crippen molar-refractivity contribution in [1.82, 2.24) is 4.98 Å². The zero-order valence-corrected chi connectivity index (χ0v) is 41.4. The molecular formula is C65H59NSi. The Balaban J connectivity index is 1.09. The highest BCUT2D eigenvalue weighted by molar-refractivity contribution is 7.19. The molecule has 0 aliphatic heterocycles. The van der Waals surface area contributed by atoms with Crippen LogP contribution in [0.3, 0.4) is 0 Å². The molecule has 1 nitrogen and oxygen atoms in total. The second kappa shape index (κ2) is 15.6. The fourth-order valence-electron chi connectivity index (χ4n) is 10.9. The van der Waals surface area contributed by atoms with Gasteiger partial charge in [-0.1, -0.05) is 232 Å². The van der Waals surface area contributed by atoms with Crippen LogP contribution in [-0.2, 0) is 16.2 Å². The van der Waals surface area contributed by atoms with Crippen molar-refractivity contribution in [3.05, 3.63) is 211 Å². The molecule has 328 valence electrons. The average molecular weight is 882 g/mol. The van der Waals surface area contributed by atoms with Gasteiger partial charge in [0.25, 0.3) is 0 Å². The molecule has 0 amide bonds. The highest BCUT2D eigenvalue weighted by Gasteiger charge is 2.42. The van der Waals surface area contributed by atoms with Crippen molar-refractivity contribution in [2.75, 3.05) is 0 Å². The van der Waals surface area contributed by atoms with Crippen LogP contribution in [0.4, 0.5) is 0 Å². The third-order valence-electron chi connectivity index (χ3n) is 14.6. The van der Waals surface area contributed by atoms with E-state index in [4.69, 9.17) is 4.98 Å². The van der Waals surface area contributed by atoms with E-state index < -0.39 is 8.07 Å². The number of fused-ring (bicyclic) bond motifs is 4. The van der Waals surface area contributed by atoms with Crippen LogP contribution in [0.5, 0.6) is 0 Å². The van der Waals surface area contributed by atoms with E-state index in [9.17, 15) is 0 Å². The van der Waals surface area contributed by atoms with Gasteiger partial charge in [0.05, 0.1) is 11.2 Å².